The maximum atomic E-state index is 13.2. The maximum absolute atomic E-state index is 13.2. The summed E-state index contributed by atoms with van der Waals surface area (Å²) in [5.74, 6) is 0.288. The number of carbonyl (C=O) groups excluding carboxylic acids is 2. The Balaban J connectivity index is 2.03. The second-order valence-electron chi connectivity index (χ2n) is 8.07. The fraction of sp³-hybridized carbons (Fsp3) is 0.739. The summed E-state index contributed by atoms with van der Waals surface area (Å²) in [4.78, 5) is 30.0. The first-order valence-corrected chi connectivity index (χ1v) is 11.3. The number of amides is 2. The normalized spacial score (nSPS) is 14.3. The van der Waals surface area contributed by atoms with E-state index in [1.807, 2.05) is 31.1 Å². The van der Waals surface area contributed by atoms with Crippen LogP contribution in [-0.2, 0) is 27.9 Å². The molecule has 1 fully saturated rings. The van der Waals surface area contributed by atoms with Crippen molar-refractivity contribution in [2.45, 2.75) is 65.3 Å². The van der Waals surface area contributed by atoms with Crippen molar-refractivity contribution in [3.63, 3.8) is 0 Å². The topological polar surface area (TPSA) is 54.8 Å². The molecular weight excluding hydrogens is 366 g/mol. The van der Waals surface area contributed by atoms with E-state index in [4.69, 9.17) is 4.74 Å². The van der Waals surface area contributed by atoms with E-state index >= 15 is 0 Å². The van der Waals surface area contributed by atoms with Crippen LogP contribution in [0.1, 0.15) is 64.5 Å². The summed E-state index contributed by atoms with van der Waals surface area (Å²) in [6.07, 6.45) is 8.93. The number of hydrogen-bond acceptors (Lipinski definition) is 3. The molecule has 0 N–H and O–H groups in total. The number of hydrogen-bond donors (Lipinski definition) is 0. The summed E-state index contributed by atoms with van der Waals surface area (Å²) in [5.41, 5.74) is 1.11. The first-order valence-electron chi connectivity index (χ1n) is 11.3. The second kappa shape index (κ2) is 12.7. The smallest absolute Gasteiger partial charge is 0.242 e. The highest BCUT2D eigenvalue weighted by Gasteiger charge is 2.29. The molecule has 164 valence electrons. The second-order valence-corrected chi connectivity index (χ2v) is 8.07. The van der Waals surface area contributed by atoms with Crippen LogP contribution in [0.2, 0.25) is 0 Å². The van der Waals surface area contributed by atoms with Crippen molar-refractivity contribution in [2.24, 2.45) is 13.0 Å². The SMILES string of the molecule is CCCCN(Cc1cccn1C)C(=O)CN(CCCOCC)C(=O)C1CCCC1. The zero-order valence-corrected chi connectivity index (χ0v) is 18.6. The highest BCUT2D eigenvalue weighted by molar-refractivity contribution is 5.86. The molecule has 2 amide bonds. The molecule has 6 heteroatoms. The van der Waals surface area contributed by atoms with Gasteiger partial charge in [0.15, 0.2) is 0 Å². The van der Waals surface area contributed by atoms with E-state index < -0.39 is 0 Å². The molecule has 29 heavy (non-hydrogen) atoms. The van der Waals surface area contributed by atoms with Gasteiger partial charge < -0.3 is 19.1 Å². The highest BCUT2D eigenvalue weighted by Crippen LogP contribution is 2.26. The van der Waals surface area contributed by atoms with E-state index in [0.717, 1.165) is 57.2 Å². The van der Waals surface area contributed by atoms with Gasteiger partial charge in [-0.2, -0.15) is 0 Å². The Labute approximate surface area is 176 Å². The van der Waals surface area contributed by atoms with Crippen LogP contribution < -0.4 is 0 Å². The van der Waals surface area contributed by atoms with E-state index in [1.54, 1.807) is 4.90 Å². The molecule has 0 radical (unpaired) electrons. The van der Waals surface area contributed by atoms with Crippen LogP contribution in [0, 0.1) is 5.92 Å². The van der Waals surface area contributed by atoms with Gasteiger partial charge in [-0.15, -0.1) is 0 Å². The Bertz CT molecular complexity index is 623. The van der Waals surface area contributed by atoms with E-state index in [1.165, 1.54) is 0 Å². The molecule has 0 saturated heterocycles. The molecule has 1 saturated carbocycles. The van der Waals surface area contributed by atoms with Crippen molar-refractivity contribution in [1.82, 2.24) is 14.4 Å². The molecule has 1 heterocycles. The zero-order valence-electron chi connectivity index (χ0n) is 18.6. The summed E-state index contributed by atoms with van der Waals surface area (Å²) in [7, 11) is 2.00. The Kier molecular flexibility index (Phi) is 10.3. The lowest BCUT2D eigenvalue weighted by atomic mass is 10.1. The number of aryl methyl sites for hydroxylation is 1. The Morgan fingerprint density at radius 2 is 1.86 bits per heavy atom. The van der Waals surface area contributed by atoms with E-state index in [0.29, 0.717) is 26.3 Å². The molecule has 1 aliphatic rings. The molecule has 0 atom stereocenters. The Morgan fingerprint density at radius 1 is 1.14 bits per heavy atom. The largest absolute Gasteiger partial charge is 0.382 e. The molecule has 1 aromatic heterocycles. The monoisotopic (exact) mass is 405 g/mol. The lowest BCUT2D eigenvalue weighted by Gasteiger charge is -2.29. The predicted molar refractivity (Wildman–Crippen MR) is 115 cm³/mol. The molecular formula is C23H39N3O3. The minimum absolute atomic E-state index is 0.0439. The zero-order chi connectivity index (χ0) is 21.1. The van der Waals surface area contributed by atoms with Crippen molar-refractivity contribution in [2.75, 3.05) is 32.8 Å². The average Bonchev–Trinajstić information content (AvgIpc) is 3.39. The van der Waals surface area contributed by atoms with Gasteiger partial charge in [-0.3, -0.25) is 9.59 Å². The standard InChI is InChI=1S/C23H39N3O3/c1-4-6-15-25(18-21-13-9-14-24(21)3)22(27)19-26(16-10-17-29-5-2)23(28)20-11-7-8-12-20/h9,13-14,20H,4-8,10-12,15-19H2,1-3H3. The van der Waals surface area contributed by atoms with E-state index in [9.17, 15) is 9.59 Å². The third-order valence-electron chi connectivity index (χ3n) is 5.80. The van der Waals surface area contributed by atoms with Crippen LogP contribution in [-0.4, -0.2) is 59.0 Å². The number of rotatable bonds is 13. The van der Waals surface area contributed by atoms with E-state index in [-0.39, 0.29) is 24.3 Å². The summed E-state index contributed by atoms with van der Waals surface area (Å²) < 4.78 is 7.49. The first-order chi connectivity index (χ1) is 14.1. The van der Waals surface area contributed by atoms with Gasteiger partial charge in [0.2, 0.25) is 11.8 Å². The molecule has 6 nitrogen and oxygen atoms in total. The number of carbonyl (C=O) groups is 2. The molecule has 0 spiro atoms. The highest BCUT2D eigenvalue weighted by atomic mass is 16.5. The minimum atomic E-state index is 0.0439. The van der Waals surface area contributed by atoms with Gasteiger partial charge in [0.1, 0.15) is 0 Å². The van der Waals surface area contributed by atoms with Crippen LogP contribution in [0.3, 0.4) is 0 Å². The number of aromatic nitrogens is 1. The summed E-state index contributed by atoms with van der Waals surface area (Å²) >= 11 is 0. The average molecular weight is 406 g/mol. The third kappa shape index (κ3) is 7.50. The van der Waals surface area contributed by atoms with Gasteiger partial charge in [0.25, 0.3) is 0 Å². The van der Waals surface area contributed by atoms with E-state index in [2.05, 4.69) is 17.6 Å². The summed E-state index contributed by atoms with van der Waals surface area (Å²) in [6, 6.07) is 4.05. The Hall–Kier alpha value is -1.82. The number of ether oxygens (including phenoxy) is 1. The first kappa shape index (κ1) is 23.5. The van der Waals surface area contributed by atoms with Gasteiger partial charge >= 0.3 is 0 Å². The van der Waals surface area contributed by atoms with Gasteiger partial charge in [0.05, 0.1) is 13.1 Å². The lowest BCUT2D eigenvalue weighted by Crippen LogP contribution is -2.45. The molecule has 0 aliphatic heterocycles. The van der Waals surface area contributed by atoms with Crippen molar-refractivity contribution in [1.29, 1.82) is 0 Å². The molecule has 0 unspecified atom stereocenters. The number of nitrogens with zero attached hydrogens (tertiary/aromatic N) is 3. The summed E-state index contributed by atoms with van der Waals surface area (Å²) in [5, 5.41) is 0. The minimum Gasteiger partial charge on any atom is -0.382 e. The fourth-order valence-corrected chi connectivity index (χ4v) is 3.96. The molecule has 0 aromatic carbocycles. The van der Waals surface area contributed by atoms with Crippen LogP contribution in [0.25, 0.3) is 0 Å². The molecule has 1 aromatic rings. The fourth-order valence-electron chi connectivity index (χ4n) is 3.96. The van der Waals surface area contributed by atoms with Crippen LogP contribution in [0.4, 0.5) is 0 Å². The maximum Gasteiger partial charge on any atom is 0.242 e. The predicted octanol–water partition coefficient (Wildman–Crippen LogP) is 3.60. The van der Waals surface area contributed by atoms with Crippen LogP contribution in [0.5, 0.6) is 0 Å². The van der Waals surface area contributed by atoms with Crippen molar-refractivity contribution in [3.8, 4) is 0 Å². The van der Waals surface area contributed by atoms with Crippen molar-refractivity contribution >= 4 is 11.8 Å². The van der Waals surface area contributed by atoms with Gasteiger partial charge in [-0.25, -0.2) is 0 Å². The van der Waals surface area contributed by atoms with Crippen molar-refractivity contribution in [3.05, 3.63) is 24.0 Å². The summed E-state index contributed by atoms with van der Waals surface area (Å²) in [6.45, 7) is 7.49. The quantitative estimate of drug-likeness (QED) is 0.471. The van der Waals surface area contributed by atoms with Crippen LogP contribution >= 0.6 is 0 Å². The Morgan fingerprint density at radius 3 is 2.48 bits per heavy atom. The molecule has 1 aliphatic carbocycles. The van der Waals surface area contributed by atoms with Gasteiger partial charge in [-0.05, 0) is 44.7 Å². The van der Waals surface area contributed by atoms with Gasteiger partial charge in [-0.1, -0.05) is 26.2 Å². The van der Waals surface area contributed by atoms with Crippen LogP contribution in [0.15, 0.2) is 18.3 Å². The third-order valence-corrected chi connectivity index (χ3v) is 5.80. The van der Waals surface area contributed by atoms with Crippen molar-refractivity contribution < 1.29 is 14.3 Å². The molecule has 0 bridgehead atoms. The lowest BCUT2D eigenvalue weighted by molar-refractivity contribution is -0.143. The molecule has 2 rings (SSSR count). The van der Waals surface area contributed by atoms with Gasteiger partial charge in [0, 0.05) is 51.2 Å². The number of unbranched alkanes of at least 4 members (excludes halogenated alkanes) is 1.